The number of unbranched alkanes of at least 4 members (excludes halogenated alkanes) is 4. The van der Waals surface area contributed by atoms with E-state index in [1.165, 1.54) is 0 Å². The third-order valence-corrected chi connectivity index (χ3v) is 6.79. The molecule has 2 aromatic carbocycles. The fourth-order valence-electron chi connectivity index (χ4n) is 4.95. The first kappa shape index (κ1) is 24.4. The van der Waals surface area contributed by atoms with E-state index in [1.807, 2.05) is 36.4 Å². The number of aromatic hydroxyl groups is 1. The molecular formula is C29H28N2O6. The lowest BCUT2D eigenvalue weighted by atomic mass is 9.99. The molecule has 0 aliphatic rings. The molecule has 0 saturated heterocycles. The number of hydrogen-bond donors (Lipinski definition) is 5. The summed E-state index contributed by atoms with van der Waals surface area (Å²) in [5.74, 6) is -3.38. The van der Waals surface area contributed by atoms with Crippen LogP contribution in [-0.4, -0.2) is 43.6 Å². The predicted molar refractivity (Wildman–Crippen MR) is 140 cm³/mol. The average molecular weight is 501 g/mol. The van der Waals surface area contributed by atoms with E-state index in [2.05, 4.69) is 9.97 Å². The summed E-state index contributed by atoms with van der Waals surface area (Å²) >= 11 is 0. The van der Waals surface area contributed by atoms with Gasteiger partial charge >= 0.3 is 5.97 Å². The SMILES string of the molecule is O=C(O)c1oc(C(=O)c2c[nH]c3c(CCCCCCCO)cccc23)c(O)c1-c1c[nH]c2ccccc12. The Labute approximate surface area is 212 Å². The molecule has 0 atom stereocenters. The molecule has 0 bridgehead atoms. The van der Waals surface area contributed by atoms with Crippen molar-refractivity contribution in [3.8, 4) is 16.9 Å². The van der Waals surface area contributed by atoms with Crippen LogP contribution in [0.5, 0.6) is 5.75 Å². The first-order chi connectivity index (χ1) is 18.0. The molecule has 5 rings (SSSR count). The minimum Gasteiger partial charge on any atom is -0.504 e. The molecule has 0 radical (unpaired) electrons. The van der Waals surface area contributed by atoms with Crippen LogP contribution in [0.3, 0.4) is 0 Å². The Morgan fingerprint density at radius 3 is 2.41 bits per heavy atom. The van der Waals surface area contributed by atoms with Gasteiger partial charge in [0, 0.05) is 46.4 Å². The molecule has 0 saturated carbocycles. The molecule has 0 unspecified atom stereocenters. The summed E-state index contributed by atoms with van der Waals surface area (Å²) in [5, 5.41) is 31.2. The van der Waals surface area contributed by atoms with E-state index in [9.17, 15) is 19.8 Å². The number of carboxylic acids is 1. The summed E-state index contributed by atoms with van der Waals surface area (Å²) in [7, 11) is 0. The molecular weight excluding hydrogens is 472 g/mol. The first-order valence-corrected chi connectivity index (χ1v) is 12.4. The molecule has 37 heavy (non-hydrogen) atoms. The van der Waals surface area contributed by atoms with E-state index in [1.54, 1.807) is 18.5 Å². The summed E-state index contributed by atoms with van der Waals surface area (Å²) < 4.78 is 5.51. The molecule has 5 aromatic rings. The Balaban J connectivity index is 1.48. The van der Waals surface area contributed by atoms with Crippen LogP contribution in [0, 0.1) is 0 Å². The van der Waals surface area contributed by atoms with Gasteiger partial charge in [0.1, 0.15) is 0 Å². The monoisotopic (exact) mass is 500 g/mol. The summed E-state index contributed by atoms with van der Waals surface area (Å²) in [6.45, 7) is 0.223. The quantitative estimate of drug-likeness (QED) is 0.111. The van der Waals surface area contributed by atoms with Crippen LogP contribution in [0.1, 0.15) is 64.3 Å². The number of benzene rings is 2. The number of nitrogens with one attached hydrogen (secondary N) is 2. The number of furan rings is 1. The number of aromatic nitrogens is 2. The third-order valence-electron chi connectivity index (χ3n) is 6.79. The van der Waals surface area contributed by atoms with Crippen molar-refractivity contribution in [3.63, 3.8) is 0 Å². The van der Waals surface area contributed by atoms with Crippen LogP contribution < -0.4 is 0 Å². The molecule has 8 heteroatoms. The van der Waals surface area contributed by atoms with Gasteiger partial charge in [-0.3, -0.25) is 4.79 Å². The lowest BCUT2D eigenvalue weighted by Gasteiger charge is -2.04. The smallest absolute Gasteiger partial charge is 0.372 e. The molecule has 190 valence electrons. The van der Waals surface area contributed by atoms with Gasteiger partial charge in [0.15, 0.2) is 5.75 Å². The second-order valence-electron chi connectivity index (χ2n) is 9.15. The Morgan fingerprint density at radius 2 is 1.59 bits per heavy atom. The zero-order chi connectivity index (χ0) is 25.9. The Kier molecular flexibility index (Phi) is 6.83. The number of aliphatic hydroxyl groups excluding tert-OH is 1. The number of aryl methyl sites for hydroxylation is 1. The van der Waals surface area contributed by atoms with Crippen LogP contribution >= 0.6 is 0 Å². The average Bonchev–Trinajstić information content (AvgIpc) is 3.61. The molecule has 0 fully saturated rings. The molecule has 3 aromatic heterocycles. The van der Waals surface area contributed by atoms with E-state index >= 15 is 0 Å². The van der Waals surface area contributed by atoms with Crippen LogP contribution in [0.2, 0.25) is 0 Å². The summed E-state index contributed by atoms with van der Waals surface area (Å²) in [5.41, 5.74) is 3.38. The number of aromatic amines is 2. The highest BCUT2D eigenvalue weighted by Gasteiger charge is 2.32. The highest BCUT2D eigenvalue weighted by atomic mass is 16.4. The number of carboxylic acid groups (broad SMARTS) is 1. The van der Waals surface area contributed by atoms with Crippen molar-refractivity contribution in [1.82, 2.24) is 9.97 Å². The molecule has 5 N–H and O–H groups in total. The molecule has 0 aliphatic heterocycles. The number of carbonyl (C=O) groups excluding carboxylic acids is 1. The molecule has 8 nitrogen and oxygen atoms in total. The normalized spacial score (nSPS) is 11.5. The van der Waals surface area contributed by atoms with Crippen molar-refractivity contribution >= 4 is 33.6 Å². The van der Waals surface area contributed by atoms with E-state index in [0.717, 1.165) is 55.1 Å². The maximum atomic E-state index is 13.5. The number of hydrogen-bond acceptors (Lipinski definition) is 5. The van der Waals surface area contributed by atoms with Gasteiger partial charge < -0.3 is 29.7 Å². The summed E-state index contributed by atoms with van der Waals surface area (Å²) in [6.07, 6.45) is 8.94. The largest absolute Gasteiger partial charge is 0.504 e. The summed E-state index contributed by atoms with van der Waals surface area (Å²) in [6, 6.07) is 13.0. The van der Waals surface area contributed by atoms with Gasteiger partial charge in [-0.25, -0.2) is 4.79 Å². The second kappa shape index (κ2) is 10.4. The zero-order valence-corrected chi connectivity index (χ0v) is 20.2. The van der Waals surface area contributed by atoms with Gasteiger partial charge in [-0.15, -0.1) is 0 Å². The number of H-pyrrole nitrogens is 2. The van der Waals surface area contributed by atoms with Gasteiger partial charge in [0.2, 0.25) is 17.3 Å². The number of aromatic carboxylic acids is 1. The first-order valence-electron chi connectivity index (χ1n) is 12.4. The van der Waals surface area contributed by atoms with Crippen molar-refractivity contribution in [1.29, 1.82) is 0 Å². The van der Waals surface area contributed by atoms with E-state index in [4.69, 9.17) is 9.52 Å². The summed E-state index contributed by atoms with van der Waals surface area (Å²) in [4.78, 5) is 31.8. The standard InChI is InChI=1S/C29H28N2O6/c32-14-7-3-1-2-4-9-17-10-8-12-19-21(16-31-24(17)19)25(33)28-26(34)23(27(37-28)29(35)36)20-15-30-22-13-6-5-11-18(20)22/h5-6,8,10-13,15-16,30-32,34H,1-4,7,9,14H2,(H,35,36). The lowest BCUT2D eigenvalue weighted by molar-refractivity contribution is 0.0661. The van der Waals surface area contributed by atoms with Gasteiger partial charge in [-0.2, -0.15) is 0 Å². The minimum atomic E-state index is -1.38. The maximum absolute atomic E-state index is 13.5. The highest BCUT2D eigenvalue weighted by Crippen LogP contribution is 2.42. The van der Waals surface area contributed by atoms with Gasteiger partial charge in [-0.1, -0.05) is 55.7 Å². The van der Waals surface area contributed by atoms with Crippen LogP contribution in [-0.2, 0) is 6.42 Å². The molecule has 0 aliphatic carbocycles. The van der Waals surface area contributed by atoms with Crippen molar-refractivity contribution < 1.29 is 29.3 Å². The van der Waals surface area contributed by atoms with E-state index in [0.29, 0.717) is 21.9 Å². The third kappa shape index (κ3) is 4.51. The number of carbonyl (C=O) groups is 2. The second-order valence-corrected chi connectivity index (χ2v) is 9.15. The van der Waals surface area contributed by atoms with Gasteiger partial charge in [-0.05, 0) is 30.9 Å². The molecule has 0 spiro atoms. The fraction of sp³-hybridized carbons (Fsp3) is 0.241. The Bertz CT molecular complexity index is 1590. The minimum absolute atomic E-state index is 0.0324. The molecule has 3 heterocycles. The molecule has 0 amide bonds. The maximum Gasteiger partial charge on any atom is 0.372 e. The van der Waals surface area contributed by atoms with Gasteiger partial charge in [0.05, 0.1) is 11.1 Å². The predicted octanol–water partition coefficient (Wildman–Crippen LogP) is 6.03. The van der Waals surface area contributed by atoms with Crippen LogP contribution in [0.4, 0.5) is 0 Å². The van der Waals surface area contributed by atoms with E-state index in [-0.39, 0.29) is 12.2 Å². The van der Waals surface area contributed by atoms with Crippen LogP contribution in [0.25, 0.3) is 32.9 Å². The van der Waals surface area contributed by atoms with Crippen molar-refractivity contribution in [3.05, 3.63) is 77.5 Å². The Hall–Kier alpha value is -4.30. The van der Waals surface area contributed by atoms with Crippen LogP contribution in [0.15, 0.2) is 59.3 Å². The van der Waals surface area contributed by atoms with Crippen molar-refractivity contribution in [2.75, 3.05) is 6.61 Å². The van der Waals surface area contributed by atoms with Crippen molar-refractivity contribution in [2.24, 2.45) is 0 Å². The number of aliphatic hydroxyl groups is 1. The lowest BCUT2D eigenvalue weighted by Crippen LogP contribution is -2.00. The van der Waals surface area contributed by atoms with E-state index < -0.39 is 29.0 Å². The Morgan fingerprint density at radius 1 is 0.838 bits per heavy atom. The number of para-hydroxylation sites is 2. The topological polar surface area (TPSA) is 140 Å². The number of fused-ring (bicyclic) bond motifs is 2. The number of ketones is 1. The van der Waals surface area contributed by atoms with Crippen molar-refractivity contribution in [2.45, 2.75) is 38.5 Å². The highest BCUT2D eigenvalue weighted by molar-refractivity contribution is 6.18. The zero-order valence-electron chi connectivity index (χ0n) is 20.2. The fourth-order valence-corrected chi connectivity index (χ4v) is 4.95. The number of rotatable bonds is 11. The van der Waals surface area contributed by atoms with Gasteiger partial charge in [0.25, 0.3) is 0 Å².